The first-order valence-electron chi connectivity index (χ1n) is 9.87. The number of urea groups is 1. The number of ether oxygens (including phenoxy) is 2. The van der Waals surface area contributed by atoms with Gasteiger partial charge in [-0.15, -0.1) is 0 Å². The highest BCUT2D eigenvalue weighted by Gasteiger charge is 2.48. The summed E-state index contributed by atoms with van der Waals surface area (Å²) in [5.41, 5.74) is 0.965. The molecule has 1 aliphatic carbocycles. The van der Waals surface area contributed by atoms with Gasteiger partial charge in [0, 0.05) is 11.7 Å². The monoisotopic (exact) mass is 392 g/mol. The van der Waals surface area contributed by atoms with Crippen molar-refractivity contribution >= 4 is 17.8 Å². The Hall–Kier alpha value is -1.38. The lowest BCUT2D eigenvalue weighted by atomic mass is 9.96. The minimum atomic E-state index is -0.0992. The molecule has 2 amide bonds. The molecule has 7 nitrogen and oxygen atoms in total. The Bertz CT molecular complexity index is 663. The summed E-state index contributed by atoms with van der Waals surface area (Å²) >= 11 is 1.68. The van der Waals surface area contributed by atoms with Crippen LogP contribution in [-0.4, -0.2) is 58.8 Å². The minimum Gasteiger partial charge on any atom is -0.372 e. The van der Waals surface area contributed by atoms with Crippen molar-refractivity contribution in [1.29, 1.82) is 0 Å². The fourth-order valence-electron chi connectivity index (χ4n) is 4.23. The molecular weight excluding hydrogens is 364 g/mol. The van der Waals surface area contributed by atoms with Crippen LogP contribution < -0.4 is 10.6 Å². The Labute approximate surface area is 164 Å². The number of nitrogens with zero attached hydrogens (tertiary/aromatic N) is 2. The molecule has 3 heterocycles. The van der Waals surface area contributed by atoms with Crippen molar-refractivity contribution < 1.29 is 14.3 Å². The van der Waals surface area contributed by atoms with Crippen LogP contribution >= 0.6 is 11.8 Å². The molecule has 3 fully saturated rings. The zero-order valence-electron chi connectivity index (χ0n) is 15.9. The van der Waals surface area contributed by atoms with E-state index in [-0.39, 0.29) is 29.5 Å². The summed E-state index contributed by atoms with van der Waals surface area (Å²) in [5.74, 6) is 0.777. The molecule has 4 rings (SSSR count). The van der Waals surface area contributed by atoms with Crippen LogP contribution in [0.5, 0.6) is 0 Å². The van der Waals surface area contributed by atoms with Crippen molar-refractivity contribution in [3.63, 3.8) is 0 Å². The predicted molar refractivity (Wildman–Crippen MR) is 103 cm³/mol. The Kier molecular flexibility index (Phi) is 5.85. The van der Waals surface area contributed by atoms with Crippen LogP contribution in [0, 0.1) is 13.8 Å². The van der Waals surface area contributed by atoms with Crippen molar-refractivity contribution in [3.05, 3.63) is 17.6 Å². The second-order valence-corrected chi connectivity index (χ2v) is 8.97. The van der Waals surface area contributed by atoms with Gasteiger partial charge in [0.2, 0.25) is 0 Å². The van der Waals surface area contributed by atoms with E-state index in [4.69, 9.17) is 9.47 Å². The van der Waals surface area contributed by atoms with E-state index in [1.54, 1.807) is 11.8 Å². The summed E-state index contributed by atoms with van der Waals surface area (Å²) in [6, 6.07) is 2.10. The molecule has 1 aromatic heterocycles. The molecule has 2 aliphatic heterocycles. The fourth-order valence-corrected chi connectivity index (χ4v) is 5.48. The van der Waals surface area contributed by atoms with Gasteiger partial charge < -0.3 is 20.1 Å². The molecule has 2 N–H and O–H groups in total. The molecule has 1 aromatic rings. The second-order valence-electron chi connectivity index (χ2n) is 7.71. The van der Waals surface area contributed by atoms with E-state index in [2.05, 4.69) is 20.6 Å². The standard InChI is InChI=1S/C19H28N4O3S/c1-11-8-16(21-12(2)20-11)27-15-10-26-17-14(9-25-18(15)17)23-19(24)22-13-6-4-3-5-7-13/h8,13-15,17-18H,3-7,9-10H2,1-2H3,(H2,22,23,24)/t14-,15+,17?,18-/m1/s1. The first kappa shape index (κ1) is 19.0. The number of aromatic nitrogens is 2. The Balaban J connectivity index is 1.31. The zero-order valence-corrected chi connectivity index (χ0v) is 16.8. The van der Waals surface area contributed by atoms with Gasteiger partial charge in [-0.25, -0.2) is 14.8 Å². The van der Waals surface area contributed by atoms with E-state index in [1.165, 1.54) is 19.3 Å². The topological polar surface area (TPSA) is 85.4 Å². The van der Waals surface area contributed by atoms with Gasteiger partial charge in [-0.3, -0.25) is 0 Å². The molecule has 3 aliphatic rings. The van der Waals surface area contributed by atoms with Gasteiger partial charge in [-0.1, -0.05) is 31.0 Å². The van der Waals surface area contributed by atoms with Gasteiger partial charge >= 0.3 is 6.03 Å². The molecular formula is C19H28N4O3S. The van der Waals surface area contributed by atoms with E-state index < -0.39 is 0 Å². The summed E-state index contributed by atoms with van der Waals surface area (Å²) in [6.07, 6.45) is 5.71. The molecule has 1 saturated carbocycles. The highest BCUT2D eigenvalue weighted by atomic mass is 32.2. The lowest BCUT2D eigenvalue weighted by molar-refractivity contribution is 0.0693. The summed E-state index contributed by atoms with van der Waals surface area (Å²) < 4.78 is 12.0. The third kappa shape index (κ3) is 4.55. The first-order chi connectivity index (χ1) is 13.1. The molecule has 1 unspecified atom stereocenters. The van der Waals surface area contributed by atoms with E-state index in [9.17, 15) is 4.79 Å². The second kappa shape index (κ2) is 8.32. The SMILES string of the molecule is Cc1cc(S[C@H]2COC3[C@H](NC(=O)NC4CCCCC4)CO[C@@H]32)nc(C)n1. The van der Waals surface area contributed by atoms with Gasteiger partial charge in [0.05, 0.1) is 24.5 Å². The van der Waals surface area contributed by atoms with Crippen LogP contribution in [0.15, 0.2) is 11.1 Å². The van der Waals surface area contributed by atoms with Crippen LogP contribution in [0.4, 0.5) is 4.79 Å². The summed E-state index contributed by atoms with van der Waals surface area (Å²) in [5, 5.41) is 7.30. The molecule has 27 heavy (non-hydrogen) atoms. The Morgan fingerprint density at radius 1 is 1.07 bits per heavy atom. The molecule has 0 aromatic carbocycles. The third-order valence-corrected chi connectivity index (χ3v) is 6.64. The van der Waals surface area contributed by atoms with Gasteiger partial charge in [-0.2, -0.15) is 0 Å². The van der Waals surface area contributed by atoms with E-state index >= 15 is 0 Å². The number of nitrogens with one attached hydrogen (secondary N) is 2. The molecule has 8 heteroatoms. The number of rotatable bonds is 4. The molecule has 148 valence electrons. The van der Waals surface area contributed by atoms with E-state index in [1.807, 2.05) is 19.9 Å². The lowest BCUT2D eigenvalue weighted by Crippen LogP contribution is -2.51. The maximum atomic E-state index is 12.3. The third-order valence-electron chi connectivity index (χ3n) is 5.48. The number of carbonyl (C=O) groups is 1. The molecule has 0 spiro atoms. The number of fused-ring (bicyclic) bond motifs is 1. The van der Waals surface area contributed by atoms with Crippen LogP contribution in [-0.2, 0) is 9.47 Å². The molecule has 2 saturated heterocycles. The van der Waals surface area contributed by atoms with Crippen LogP contribution in [0.1, 0.15) is 43.6 Å². The average molecular weight is 393 g/mol. The van der Waals surface area contributed by atoms with Crippen molar-refractivity contribution in [2.24, 2.45) is 0 Å². The van der Waals surface area contributed by atoms with Crippen molar-refractivity contribution in [2.75, 3.05) is 13.2 Å². The normalized spacial score (nSPS) is 30.9. The number of thioether (sulfide) groups is 1. The highest BCUT2D eigenvalue weighted by molar-refractivity contribution is 8.00. The number of aryl methyl sites for hydroxylation is 2. The number of carbonyl (C=O) groups excluding carboxylic acids is 1. The predicted octanol–water partition coefficient (Wildman–Crippen LogP) is 2.35. The molecule has 4 atom stereocenters. The van der Waals surface area contributed by atoms with Gasteiger partial charge in [-0.05, 0) is 32.8 Å². The smallest absolute Gasteiger partial charge is 0.315 e. The maximum absolute atomic E-state index is 12.3. The van der Waals surface area contributed by atoms with Crippen LogP contribution in [0.2, 0.25) is 0 Å². The molecule has 0 radical (unpaired) electrons. The first-order valence-corrected chi connectivity index (χ1v) is 10.8. The summed E-state index contributed by atoms with van der Waals surface area (Å²) in [6.45, 7) is 4.97. The summed E-state index contributed by atoms with van der Waals surface area (Å²) in [4.78, 5) is 21.2. The minimum absolute atomic E-state index is 0.0226. The van der Waals surface area contributed by atoms with Crippen LogP contribution in [0.25, 0.3) is 0 Å². The fraction of sp³-hybridized carbons (Fsp3) is 0.737. The molecule has 0 bridgehead atoms. The zero-order chi connectivity index (χ0) is 18.8. The Morgan fingerprint density at radius 2 is 1.85 bits per heavy atom. The maximum Gasteiger partial charge on any atom is 0.315 e. The van der Waals surface area contributed by atoms with Crippen molar-refractivity contribution in [2.45, 2.75) is 80.5 Å². The highest BCUT2D eigenvalue weighted by Crippen LogP contribution is 2.37. The van der Waals surface area contributed by atoms with Gasteiger partial charge in [0.25, 0.3) is 0 Å². The van der Waals surface area contributed by atoms with Crippen molar-refractivity contribution in [3.8, 4) is 0 Å². The quantitative estimate of drug-likeness (QED) is 0.765. The van der Waals surface area contributed by atoms with Crippen LogP contribution in [0.3, 0.4) is 0 Å². The number of hydrogen-bond acceptors (Lipinski definition) is 6. The van der Waals surface area contributed by atoms with E-state index in [0.717, 1.165) is 29.4 Å². The van der Waals surface area contributed by atoms with Gasteiger partial charge in [0.15, 0.2) is 0 Å². The number of amides is 2. The number of hydrogen-bond donors (Lipinski definition) is 2. The Morgan fingerprint density at radius 3 is 2.63 bits per heavy atom. The average Bonchev–Trinajstić information content (AvgIpc) is 3.19. The largest absolute Gasteiger partial charge is 0.372 e. The van der Waals surface area contributed by atoms with E-state index in [0.29, 0.717) is 19.3 Å². The summed E-state index contributed by atoms with van der Waals surface area (Å²) in [7, 11) is 0. The van der Waals surface area contributed by atoms with Crippen molar-refractivity contribution in [1.82, 2.24) is 20.6 Å². The lowest BCUT2D eigenvalue weighted by Gasteiger charge is -2.24. The van der Waals surface area contributed by atoms with Gasteiger partial charge in [0.1, 0.15) is 23.1 Å².